The van der Waals surface area contributed by atoms with Gasteiger partial charge in [-0.25, -0.2) is 18.7 Å². The predicted octanol–water partition coefficient (Wildman–Crippen LogP) is 4.39. The zero-order valence-electron chi connectivity index (χ0n) is 16.5. The summed E-state index contributed by atoms with van der Waals surface area (Å²) in [6, 6.07) is -1.73. The number of aromatic nitrogens is 2. The summed E-state index contributed by atoms with van der Waals surface area (Å²) in [6.07, 6.45) is -5.32. The molecule has 0 aliphatic heterocycles. The first kappa shape index (κ1) is 23.9. The highest BCUT2D eigenvalue weighted by Gasteiger charge is 2.36. The first-order valence-electron chi connectivity index (χ1n) is 8.81. The molecule has 0 aromatic carbocycles. The van der Waals surface area contributed by atoms with Crippen molar-refractivity contribution in [1.82, 2.24) is 15.3 Å². The van der Waals surface area contributed by atoms with Gasteiger partial charge in [0.1, 0.15) is 11.9 Å². The third-order valence-electron chi connectivity index (χ3n) is 4.40. The summed E-state index contributed by atoms with van der Waals surface area (Å²) in [6.45, 7) is 5.47. The van der Waals surface area contributed by atoms with Gasteiger partial charge in [0.25, 0.3) is 12.3 Å². The third-order valence-corrected chi connectivity index (χ3v) is 5.43. The number of alkyl halides is 5. The monoisotopic (exact) mass is 452 g/mol. The van der Waals surface area contributed by atoms with E-state index in [0.717, 1.165) is 30.5 Å². The van der Waals surface area contributed by atoms with Crippen LogP contribution in [0.2, 0.25) is 0 Å². The largest absolute Gasteiger partial charge is 0.408 e. The minimum absolute atomic E-state index is 0.0192. The maximum absolute atomic E-state index is 13.5. The van der Waals surface area contributed by atoms with E-state index in [0.29, 0.717) is 0 Å². The lowest BCUT2D eigenvalue weighted by Crippen LogP contribution is -2.47. The quantitative estimate of drug-likeness (QED) is 0.543. The SMILES string of the molecule is C[C@H](Nc1cc(C(F)F)c(-c2cnc(C(=O)N[C@H](C)C(C)(C)O)s2)cn1)C(F)(F)F. The summed E-state index contributed by atoms with van der Waals surface area (Å²) in [5.41, 5.74) is -1.76. The maximum Gasteiger partial charge on any atom is 0.408 e. The lowest BCUT2D eigenvalue weighted by molar-refractivity contribution is -0.138. The van der Waals surface area contributed by atoms with Crippen LogP contribution in [0.5, 0.6) is 0 Å². The number of nitrogens with zero attached hydrogens (tertiary/aromatic N) is 2. The van der Waals surface area contributed by atoms with Crippen molar-refractivity contribution < 1.29 is 31.9 Å². The highest BCUT2D eigenvalue weighted by molar-refractivity contribution is 7.17. The number of hydrogen-bond acceptors (Lipinski definition) is 6. The molecule has 0 saturated heterocycles. The topological polar surface area (TPSA) is 87.1 Å². The van der Waals surface area contributed by atoms with Crippen molar-refractivity contribution in [2.24, 2.45) is 0 Å². The molecule has 3 N–H and O–H groups in total. The number of rotatable bonds is 7. The van der Waals surface area contributed by atoms with Crippen molar-refractivity contribution in [1.29, 1.82) is 0 Å². The predicted molar refractivity (Wildman–Crippen MR) is 103 cm³/mol. The third kappa shape index (κ3) is 5.85. The van der Waals surface area contributed by atoms with Crippen molar-refractivity contribution in [2.75, 3.05) is 5.32 Å². The molecule has 1 amide bonds. The molecule has 0 fully saturated rings. The lowest BCUT2D eigenvalue weighted by atomic mass is 10.0. The number of hydrogen-bond donors (Lipinski definition) is 3. The molecular formula is C18H21F5N4O2S. The van der Waals surface area contributed by atoms with Gasteiger partial charge in [0.15, 0.2) is 5.01 Å². The van der Waals surface area contributed by atoms with E-state index in [1.54, 1.807) is 6.92 Å². The molecule has 2 aromatic heterocycles. The van der Waals surface area contributed by atoms with Gasteiger partial charge in [0.2, 0.25) is 0 Å². The molecule has 0 bridgehead atoms. The summed E-state index contributed by atoms with van der Waals surface area (Å²) < 4.78 is 65.1. The van der Waals surface area contributed by atoms with Crippen molar-refractivity contribution >= 4 is 23.1 Å². The Labute approximate surface area is 173 Å². The molecule has 2 heterocycles. The lowest BCUT2D eigenvalue weighted by Gasteiger charge is -2.26. The van der Waals surface area contributed by atoms with E-state index in [1.807, 2.05) is 5.32 Å². The molecule has 0 radical (unpaired) electrons. The molecule has 166 valence electrons. The second kappa shape index (κ2) is 8.80. The first-order valence-corrected chi connectivity index (χ1v) is 9.62. The van der Waals surface area contributed by atoms with Gasteiger partial charge in [-0.05, 0) is 33.8 Å². The summed E-state index contributed by atoms with van der Waals surface area (Å²) in [7, 11) is 0. The molecule has 6 nitrogen and oxygen atoms in total. The summed E-state index contributed by atoms with van der Waals surface area (Å²) in [5, 5.41) is 14.5. The molecule has 0 unspecified atom stereocenters. The van der Waals surface area contributed by atoms with Crippen LogP contribution >= 0.6 is 11.3 Å². The van der Waals surface area contributed by atoms with Crippen LogP contribution in [0, 0.1) is 0 Å². The van der Waals surface area contributed by atoms with Gasteiger partial charge in [-0.15, -0.1) is 11.3 Å². The normalized spacial score (nSPS) is 14.5. The van der Waals surface area contributed by atoms with Crippen LogP contribution < -0.4 is 10.6 Å². The van der Waals surface area contributed by atoms with Crippen LogP contribution in [-0.2, 0) is 0 Å². The Balaban J connectivity index is 2.28. The molecule has 0 saturated carbocycles. The van der Waals surface area contributed by atoms with E-state index in [9.17, 15) is 31.9 Å². The zero-order chi connectivity index (χ0) is 22.9. The second-order valence-corrected chi connectivity index (χ2v) is 8.27. The van der Waals surface area contributed by atoms with Crippen LogP contribution in [0.15, 0.2) is 18.5 Å². The Morgan fingerprint density at radius 3 is 2.30 bits per heavy atom. The molecule has 0 aliphatic rings. The fraction of sp³-hybridized carbons (Fsp3) is 0.500. The molecule has 0 aliphatic carbocycles. The van der Waals surface area contributed by atoms with Crippen molar-refractivity contribution in [3.63, 3.8) is 0 Å². The molecule has 2 aromatic rings. The Morgan fingerprint density at radius 2 is 1.77 bits per heavy atom. The van der Waals surface area contributed by atoms with Crippen LogP contribution in [0.3, 0.4) is 0 Å². The highest BCUT2D eigenvalue weighted by Crippen LogP contribution is 2.35. The number of nitrogens with one attached hydrogen (secondary N) is 2. The molecule has 12 heteroatoms. The number of aliphatic hydroxyl groups is 1. The summed E-state index contributed by atoms with van der Waals surface area (Å²) in [5.74, 6) is -0.940. The Bertz CT molecular complexity index is 895. The van der Waals surface area contributed by atoms with Crippen molar-refractivity contribution in [3.8, 4) is 10.4 Å². The molecule has 2 rings (SSSR count). The van der Waals surface area contributed by atoms with Crippen LogP contribution in [-0.4, -0.2) is 44.8 Å². The first-order chi connectivity index (χ1) is 13.7. The van der Waals surface area contributed by atoms with E-state index in [4.69, 9.17) is 0 Å². The molecular weight excluding hydrogens is 431 g/mol. The second-order valence-electron chi connectivity index (χ2n) is 7.24. The number of halogens is 5. The number of amides is 1. The van der Waals surface area contributed by atoms with Crippen LogP contribution in [0.4, 0.5) is 27.8 Å². The van der Waals surface area contributed by atoms with Gasteiger partial charge in [-0.2, -0.15) is 13.2 Å². The Hall–Kier alpha value is -2.34. The summed E-state index contributed by atoms with van der Waals surface area (Å²) >= 11 is 0.824. The Kier molecular flexibility index (Phi) is 7.02. The van der Waals surface area contributed by atoms with E-state index in [2.05, 4.69) is 15.3 Å². The highest BCUT2D eigenvalue weighted by atomic mass is 32.1. The van der Waals surface area contributed by atoms with E-state index in [1.165, 1.54) is 20.0 Å². The van der Waals surface area contributed by atoms with E-state index >= 15 is 0 Å². The summed E-state index contributed by atoms with van der Waals surface area (Å²) in [4.78, 5) is 20.2. The van der Waals surface area contributed by atoms with Crippen LogP contribution in [0.1, 0.15) is 49.5 Å². The average Bonchev–Trinajstić information content (AvgIpc) is 3.10. The van der Waals surface area contributed by atoms with Gasteiger partial charge >= 0.3 is 6.18 Å². The van der Waals surface area contributed by atoms with E-state index < -0.39 is 41.8 Å². The number of pyridine rings is 1. The van der Waals surface area contributed by atoms with Gasteiger partial charge < -0.3 is 15.7 Å². The fourth-order valence-electron chi connectivity index (χ4n) is 2.18. The molecule has 0 spiro atoms. The van der Waals surface area contributed by atoms with Crippen molar-refractivity contribution in [3.05, 3.63) is 29.0 Å². The van der Waals surface area contributed by atoms with Crippen molar-refractivity contribution in [2.45, 2.75) is 58.0 Å². The maximum atomic E-state index is 13.5. The minimum Gasteiger partial charge on any atom is -0.388 e. The van der Waals surface area contributed by atoms with Gasteiger partial charge in [0.05, 0.1) is 16.5 Å². The van der Waals surface area contributed by atoms with Crippen LogP contribution in [0.25, 0.3) is 10.4 Å². The fourth-order valence-corrected chi connectivity index (χ4v) is 3.03. The Morgan fingerprint density at radius 1 is 1.13 bits per heavy atom. The van der Waals surface area contributed by atoms with Gasteiger partial charge in [0, 0.05) is 23.5 Å². The average molecular weight is 452 g/mol. The number of thiazole rings is 1. The number of carbonyl (C=O) groups excluding carboxylic acids is 1. The smallest absolute Gasteiger partial charge is 0.388 e. The minimum atomic E-state index is -4.56. The number of carbonyl (C=O) groups is 1. The standard InChI is InChI=1S/C18H21F5N4O2S/c1-8(17(3,4)29)27-15(28)16-25-7-12(30-16)11-6-24-13(5-10(11)14(19)20)26-9(2)18(21,22)23/h5-9,14,29H,1-4H3,(H,24,26)(H,27,28)/t8-,9+/m1/s1. The zero-order valence-corrected chi connectivity index (χ0v) is 17.3. The number of anilines is 1. The van der Waals surface area contributed by atoms with E-state index in [-0.39, 0.29) is 21.3 Å². The van der Waals surface area contributed by atoms with Gasteiger partial charge in [-0.1, -0.05) is 0 Å². The van der Waals surface area contributed by atoms with Gasteiger partial charge in [-0.3, -0.25) is 4.79 Å². The molecule has 2 atom stereocenters. The molecule has 30 heavy (non-hydrogen) atoms.